The van der Waals surface area contributed by atoms with Gasteiger partial charge in [0.15, 0.2) is 0 Å². The quantitative estimate of drug-likeness (QED) is 0.412. The van der Waals surface area contributed by atoms with Crippen molar-refractivity contribution in [2.45, 2.75) is 43.4 Å². The molecule has 3 nitrogen and oxygen atoms in total. The smallest absolute Gasteiger partial charge is 0.0323 e. The van der Waals surface area contributed by atoms with Crippen LogP contribution in [0.2, 0.25) is 0 Å². The van der Waals surface area contributed by atoms with E-state index in [2.05, 4.69) is 12.2 Å². The number of hydrogen-bond acceptors (Lipinski definition) is 3. The molecule has 0 aromatic heterocycles. The maximum absolute atomic E-state index is 5.90. The van der Waals surface area contributed by atoms with Crippen LogP contribution in [0.4, 0.5) is 0 Å². The summed E-state index contributed by atoms with van der Waals surface area (Å²) in [6.07, 6.45) is 2.09. The van der Waals surface area contributed by atoms with Crippen LogP contribution in [0.3, 0.4) is 0 Å². The minimum absolute atomic E-state index is 0.143. The summed E-state index contributed by atoms with van der Waals surface area (Å²) < 4.78 is 0. The van der Waals surface area contributed by atoms with Gasteiger partial charge in [0.25, 0.3) is 0 Å². The van der Waals surface area contributed by atoms with Crippen LogP contribution >= 0.6 is 0 Å². The van der Waals surface area contributed by atoms with Crippen molar-refractivity contribution in [3.8, 4) is 0 Å². The molecule has 2 heterocycles. The lowest BCUT2D eigenvalue weighted by atomic mass is 9.83. The Morgan fingerprint density at radius 2 is 2.20 bits per heavy atom. The Hall–Kier alpha value is -0.120. The molecule has 0 aromatic carbocycles. The van der Waals surface area contributed by atoms with Gasteiger partial charge in [-0.05, 0) is 19.8 Å². The van der Waals surface area contributed by atoms with Crippen molar-refractivity contribution in [2.24, 2.45) is 11.5 Å². The molecule has 3 heteroatoms. The fourth-order valence-corrected chi connectivity index (χ4v) is 2.25. The van der Waals surface area contributed by atoms with Gasteiger partial charge in [-0.3, -0.25) is 0 Å². The molecule has 5 N–H and O–H groups in total. The molecule has 58 valence electrons. The van der Waals surface area contributed by atoms with Crippen LogP contribution in [-0.2, 0) is 0 Å². The van der Waals surface area contributed by atoms with E-state index < -0.39 is 0 Å². The summed E-state index contributed by atoms with van der Waals surface area (Å²) in [5.41, 5.74) is 11.9. The van der Waals surface area contributed by atoms with Crippen molar-refractivity contribution in [1.29, 1.82) is 0 Å². The van der Waals surface area contributed by atoms with Crippen LogP contribution in [0.25, 0.3) is 0 Å². The average Bonchev–Trinajstić information content (AvgIpc) is 2.20. The van der Waals surface area contributed by atoms with Crippen LogP contribution in [0.15, 0.2) is 0 Å². The Bertz CT molecular complexity index is 155. The molecule has 0 aliphatic carbocycles. The summed E-state index contributed by atoms with van der Waals surface area (Å²) in [4.78, 5) is 0. The van der Waals surface area contributed by atoms with Crippen LogP contribution in [-0.4, -0.2) is 23.7 Å². The van der Waals surface area contributed by atoms with E-state index in [1.165, 1.54) is 0 Å². The van der Waals surface area contributed by atoms with Crippen LogP contribution in [0.1, 0.15) is 19.8 Å². The van der Waals surface area contributed by atoms with Gasteiger partial charge in [-0.15, -0.1) is 0 Å². The molecular weight excluding hydrogens is 126 g/mol. The highest BCUT2D eigenvalue weighted by atomic mass is 15.2. The molecule has 10 heavy (non-hydrogen) atoms. The maximum atomic E-state index is 5.90. The van der Waals surface area contributed by atoms with Crippen LogP contribution in [0.5, 0.6) is 0 Å². The van der Waals surface area contributed by atoms with Gasteiger partial charge in [0.2, 0.25) is 0 Å². The maximum Gasteiger partial charge on any atom is 0.0323 e. The second-order valence-corrected chi connectivity index (χ2v) is 3.88. The van der Waals surface area contributed by atoms with E-state index >= 15 is 0 Å². The van der Waals surface area contributed by atoms with E-state index in [0.717, 1.165) is 12.8 Å². The molecule has 4 atom stereocenters. The van der Waals surface area contributed by atoms with E-state index in [-0.39, 0.29) is 5.54 Å². The fourth-order valence-electron chi connectivity index (χ4n) is 2.25. The lowest BCUT2D eigenvalue weighted by molar-refractivity contribution is 0.352. The van der Waals surface area contributed by atoms with Gasteiger partial charge in [0.1, 0.15) is 0 Å². The molecule has 2 fully saturated rings. The monoisotopic (exact) mass is 141 g/mol. The topological polar surface area (TPSA) is 64.1 Å². The first-order valence-electron chi connectivity index (χ1n) is 3.91. The molecule has 0 saturated carbocycles. The molecule has 0 amide bonds. The first-order chi connectivity index (χ1) is 4.62. The first kappa shape index (κ1) is 6.58. The molecular formula is C7H15N3. The highest BCUT2D eigenvalue weighted by Gasteiger charge is 2.50. The highest BCUT2D eigenvalue weighted by molar-refractivity contribution is 5.14. The predicted molar refractivity (Wildman–Crippen MR) is 40.5 cm³/mol. The molecule has 2 saturated heterocycles. The molecule has 2 bridgehead atoms. The molecule has 0 radical (unpaired) electrons. The standard InChI is InChI=1S/C7H15N3/c1-7-3-4(8)5(10-7)2-6(7)9/h4-6,10H,2-3,8-9H2,1H3. The first-order valence-corrected chi connectivity index (χ1v) is 3.91. The summed E-state index contributed by atoms with van der Waals surface area (Å²) in [7, 11) is 0. The largest absolute Gasteiger partial charge is 0.326 e. The van der Waals surface area contributed by atoms with Gasteiger partial charge < -0.3 is 16.8 Å². The van der Waals surface area contributed by atoms with Crippen molar-refractivity contribution < 1.29 is 0 Å². The average molecular weight is 141 g/mol. The normalized spacial score (nSPS) is 59.7. The van der Waals surface area contributed by atoms with Crippen molar-refractivity contribution >= 4 is 0 Å². The van der Waals surface area contributed by atoms with Crippen molar-refractivity contribution in [3.05, 3.63) is 0 Å². The summed E-state index contributed by atoms with van der Waals surface area (Å²) >= 11 is 0. The molecule has 4 unspecified atom stereocenters. The van der Waals surface area contributed by atoms with Gasteiger partial charge in [-0.2, -0.15) is 0 Å². The summed E-state index contributed by atoms with van der Waals surface area (Å²) in [6.45, 7) is 2.17. The molecule has 2 aliphatic rings. The number of fused-ring (bicyclic) bond motifs is 2. The Balaban J connectivity index is 2.21. The Labute approximate surface area is 61.1 Å². The summed E-state index contributed by atoms with van der Waals surface area (Å²) in [6, 6.07) is 1.14. The van der Waals surface area contributed by atoms with Crippen molar-refractivity contribution in [1.82, 2.24) is 5.32 Å². The Kier molecular flexibility index (Phi) is 1.14. The van der Waals surface area contributed by atoms with Gasteiger partial charge in [-0.1, -0.05) is 0 Å². The zero-order valence-corrected chi connectivity index (χ0v) is 6.30. The van der Waals surface area contributed by atoms with E-state index in [1.54, 1.807) is 0 Å². The zero-order valence-electron chi connectivity index (χ0n) is 6.30. The van der Waals surface area contributed by atoms with Crippen LogP contribution in [0, 0.1) is 0 Å². The highest BCUT2D eigenvalue weighted by Crippen LogP contribution is 2.35. The number of hydrogen-bond donors (Lipinski definition) is 3. The van der Waals surface area contributed by atoms with Crippen molar-refractivity contribution in [2.75, 3.05) is 0 Å². The van der Waals surface area contributed by atoms with E-state index in [1.807, 2.05) is 0 Å². The molecule has 2 rings (SSSR count). The second-order valence-electron chi connectivity index (χ2n) is 3.88. The third-order valence-electron chi connectivity index (χ3n) is 3.02. The SMILES string of the molecule is CC12CC(N)C(CC1N)N2. The van der Waals surface area contributed by atoms with Crippen molar-refractivity contribution in [3.63, 3.8) is 0 Å². The van der Waals surface area contributed by atoms with Gasteiger partial charge in [-0.25, -0.2) is 0 Å². The lowest BCUT2D eigenvalue weighted by Gasteiger charge is -2.28. The molecule has 0 aromatic rings. The zero-order chi connectivity index (χ0) is 7.35. The number of rotatable bonds is 0. The third kappa shape index (κ3) is 0.654. The van der Waals surface area contributed by atoms with E-state index in [4.69, 9.17) is 11.5 Å². The van der Waals surface area contributed by atoms with Gasteiger partial charge in [0, 0.05) is 23.7 Å². The lowest BCUT2D eigenvalue weighted by Crippen LogP contribution is -2.48. The minimum atomic E-state index is 0.143. The third-order valence-corrected chi connectivity index (χ3v) is 3.02. The summed E-state index contributed by atoms with van der Waals surface area (Å²) in [5, 5.41) is 3.45. The Morgan fingerprint density at radius 1 is 1.50 bits per heavy atom. The van der Waals surface area contributed by atoms with E-state index in [0.29, 0.717) is 18.1 Å². The Morgan fingerprint density at radius 3 is 2.50 bits per heavy atom. The number of nitrogens with one attached hydrogen (secondary N) is 1. The molecule has 0 spiro atoms. The van der Waals surface area contributed by atoms with Gasteiger partial charge >= 0.3 is 0 Å². The summed E-state index contributed by atoms with van der Waals surface area (Å²) in [5.74, 6) is 0. The molecule has 2 aliphatic heterocycles. The predicted octanol–water partition coefficient (Wildman–Crippen LogP) is -0.835. The van der Waals surface area contributed by atoms with Gasteiger partial charge in [0.05, 0.1) is 0 Å². The fraction of sp³-hybridized carbons (Fsp3) is 1.00. The minimum Gasteiger partial charge on any atom is -0.326 e. The number of nitrogens with two attached hydrogens (primary N) is 2. The van der Waals surface area contributed by atoms with E-state index in [9.17, 15) is 0 Å². The second kappa shape index (κ2) is 1.72. The van der Waals surface area contributed by atoms with Crippen LogP contribution < -0.4 is 16.8 Å².